The number of hydrogen-bond acceptors (Lipinski definition) is 7. The molecule has 272 valence electrons. The zero-order chi connectivity index (χ0) is 37.6. The Hall–Kier alpha value is -5.06. The van der Waals surface area contributed by atoms with E-state index in [9.17, 15) is 40.7 Å². The topological polar surface area (TPSA) is 103 Å². The summed E-state index contributed by atoms with van der Waals surface area (Å²) in [6.45, 7) is 2.01. The van der Waals surface area contributed by atoms with Gasteiger partial charge in [-0.25, -0.2) is 13.6 Å². The van der Waals surface area contributed by atoms with Crippen molar-refractivity contribution in [2.24, 2.45) is 7.05 Å². The van der Waals surface area contributed by atoms with Gasteiger partial charge in [0.2, 0.25) is 0 Å². The third-order valence-electron chi connectivity index (χ3n) is 8.73. The fraction of sp³-hybridized carbons (Fsp3) is 0.353. The second-order valence-corrected chi connectivity index (χ2v) is 11.9. The van der Waals surface area contributed by atoms with Crippen LogP contribution in [0.3, 0.4) is 0 Å². The molecule has 3 atom stereocenters. The Labute approximate surface area is 284 Å². The molecule has 2 aromatic carbocycles. The number of carbonyl (C=O) groups excluding carboxylic acids is 2. The van der Waals surface area contributed by atoms with E-state index in [-0.39, 0.29) is 40.9 Å². The van der Waals surface area contributed by atoms with Crippen LogP contribution in [-0.4, -0.2) is 66.1 Å². The van der Waals surface area contributed by atoms with Gasteiger partial charge >= 0.3 is 18.3 Å². The molecule has 1 fully saturated rings. The molecule has 51 heavy (non-hydrogen) atoms. The molecule has 17 heteroatoms. The van der Waals surface area contributed by atoms with Crippen LogP contribution in [0.1, 0.15) is 34.1 Å². The van der Waals surface area contributed by atoms with Crippen molar-refractivity contribution in [2.45, 2.75) is 50.8 Å². The van der Waals surface area contributed by atoms with E-state index in [1.165, 1.54) is 51.4 Å². The first-order chi connectivity index (χ1) is 23.8. The van der Waals surface area contributed by atoms with Gasteiger partial charge in [-0.1, -0.05) is 18.2 Å². The normalized spacial score (nSPS) is 17.4. The zero-order valence-corrected chi connectivity index (χ0v) is 27.4. The third-order valence-corrected chi connectivity index (χ3v) is 8.73. The Balaban J connectivity index is 1.50. The number of alkyl halides is 6. The maximum Gasteiger partial charge on any atom is 0.417 e. The van der Waals surface area contributed by atoms with Crippen LogP contribution in [0.2, 0.25) is 0 Å². The molecule has 1 N–H and O–H groups in total. The highest BCUT2D eigenvalue weighted by Gasteiger charge is 2.49. The Morgan fingerprint density at radius 1 is 1.08 bits per heavy atom. The van der Waals surface area contributed by atoms with Crippen LogP contribution in [0, 0.1) is 18.6 Å². The summed E-state index contributed by atoms with van der Waals surface area (Å²) in [5.74, 6) is -5.52. The minimum absolute atomic E-state index is 0.0429. The van der Waals surface area contributed by atoms with E-state index in [2.05, 4.69) is 10.3 Å². The van der Waals surface area contributed by atoms with Crippen molar-refractivity contribution in [3.8, 4) is 11.1 Å². The molecule has 0 radical (unpaired) electrons. The third kappa shape index (κ3) is 7.25. The number of amides is 1. The number of methoxy groups -OCH3 is 1. The fourth-order valence-corrected chi connectivity index (χ4v) is 6.20. The molecule has 4 aromatic rings. The first kappa shape index (κ1) is 37.2. The highest BCUT2D eigenvalue weighted by atomic mass is 19.4. The molecule has 5 rings (SSSR count). The number of halogens is 8. The number of hydrogen-bond donors (Lipinski definition) is 1. The molecule has 0 spiro atoms. The summed E-state index contributed by atoms with van der Waals surface area (Å²) in [5.41, 5.74) is -4.37. The van der Waals surface area contributed by atoms with Gasteiger partial charge < -0.3 is 24.3 Å². The van der Waals surface area contributed by atoms with Crippen molar-refractivity contribution in [2.75, 3.05) is 25.2 Å². The van der Waals surface area contributed by atoms with Crippen molar-refractivity contribution in [3.63, 3.8) is 0 Å². The number of nitrogens with zero attached hydrogens (tertiary/aromatic N) is 3. The summed E-state index contributed by atoms with van der Waals surface area (Å²) in [5, 5.41) is 2.38. The summed E-state index contributed by atoms with van der Waals surface area (Å²) < 4.78 is 125. The highest BCUT2D eigenvalue weighted by Crippen LogP contribution is 2.39. The molecule has 0 aliphatic carbocycles. The largest absolute Gasteiger partial charge is 0.467 e. The zero-order valence-electron chi connectivity index (χ0n) is 27.4. The number of morpholine rings is 1. The Bertz CT molecular complexity index is 2040. The number of aryl methyl sites for hydroxylation is 1. The lowest BCUT2D eigenvalue weighted by Crippen LogP contribution is -2.57. The van der Waals surface area contributed by atoms with Gasteiger partial charge in [0.1, 0.15) is 23.2 Å². The summed E-state index contributed by atoms with van der Waals surface area (Å²) in [6, 6.07) is 3.57. The second kappa shape index (κ2) is 13.9. The van der Waals surface area contributed by atoms with Gasteiger partial charge in [-0.15, -0.1) is 0 Å². The molecule has 2 aromatic heterocycles. The molecular formula is C34H30F8N4O5. The van der Waals surface area contributed by atoms with E-state index < -0.39 is 88.4 Å². The van der Waals surface area contributed by atoms with Crippen molar-refractivity contribution < 1.29 is 54.2 Å². The van der Waals surface area contributed by atoms with Gasteiger partial charge in [-0.05, 0) is 43.7 Å². The Morgan fingerprint density at radius 2 is 1.75 bits per heavy atom. The number of benzene rings is 2. The number of fused-ring (bicyclic) bond motifs is 1. The quantitative estimate of drug-likeness (QED) is 0.188. The summed E-state index contributed by atoms with van der Waals surface area (Å²) in [7, 11) is 2.29. The highest BCUT2D eigenvalue weighted by molar-refractivity contribution is 5.99. The number of aromatic nitrogens is 2. The fourth-order valence-electron chi connectivity index (χ4n) is 6.20. The van der Waals surface area contributed by atoms with Crippen molar-refractivity contribution in [3.05, 3.63) is 93.0 Å². The minimum Gasteiger partial charge on any atom is -0.467 e. The van der Waals surface area contributed by atoms with Gasteiger partial charge in [0, 0.05) is 48.5 Å². The van der Waals surface area contributed by atoms with Crippen LogP contribution >= 0.6 is 0 Å². The molecular weight excluding hydrogens is 696 g/mol. The Kier molecular flexibility index (Phi) is 10.2. The van der Waals surface area contributed by atoms with E-state index in [1.54, 1.807) is 0 Å². The molecule has 3 heterocycles. The number of carbonyl (C=O) groups is 2. The average Bonchev–Trinajstić information content (AvgIpc) is 3.05. The maximum atomic E-state index is 15.3. The van der Waals surface area contributed by atoms with Crippen LogP contribution in [0.15, 0.2) is 53.5 Å². The Morgan fingerprint density at radius 3 is 2.35 bits per heavy atom. The van der Waals surface area contributed by atoms with E-state index >= 15 is 8.78 Å². The smallest absolute Gasteiger partial charge is 0.417 e. The predicted octanol–water partition coefficient (Wildman–Crippen LogP) is 5.88. The average molecular weight is 727 g/mol. The second-order valence-electron chi connectivity index (χ2n) is 11.9. The van der Waals surface area contributed by atoms with Crippen LogP contribution in [0.5, 0.6) is 0 Å². The first-order valence-electron chi connectivity index (χ1n) is 15.3. The molecule has 0 unspecified atom stereocenters. The predicted molar refractivity (Wildman–Crippen MR) is 168 cm³/mol. The maximum absolute atomic E-state index is 15.3. The van der Waals surface area contributed by atoms with Crippen molar-refractivity contribution >= 4 is 28.5 Å². The number of nitrogens with one attached hydrogen (secondary N) is 1. The SMILES string of the molecule is COC(=O)[C@H](Cc1ccc(-c2c(C(F)(F)F)cc(C)n(C)c2=O)c2ncccc12)NC(=O)c1c(F)cc(N2CCO[C@H](C)[C@@H]2C(F)(F)F)cc1F. The van der Waals surface area contributed by atoms with Crippen LogP contribution in [0.25, 0.3) is 22.0 Å². The molecule has 0 bridgehead atoms. The number of rotatable bonds is 7. The minimum atomic E-state index is -4.91. The van der Waals surface area contributed by atoms with E-state index in [0.29, 0.717) is 12.1 Å². The molecule has 1 saturated heterocycles. The van der Waals surface area contributed by atoms with Gasteiger partial charge in [0.05, 0.1) is 36.5 Å². The number of ether oxygens (including phenoxy) is 2. The van der Waals surface area contributed by atoms with Crippen molar-refractivity contribution in [1.82, 2.24) is 14.9 Å². The monoisotopic (exact) mass is 726 g/mol. The number of esters is 1. The summed E-state index contributed by atoms with van der Waals surface area (Å²) in [4.78, 5) is 44.2. The molecule has 1 amide bonds. The molecule has 1 aliphatic heterocycles. The van der Waals surface area contributed by atoms with Gasteiger partial charge in [-0.3, -0.25) is 14.6 Å². The van der Waals surface area contributed by atoms with Gasteiger partial charge in [-0.2, -0.15) is 26.3 Å². The van der Waals surface area contributed by atoms with E-state index in [0.717, 1.165) is 22.6 Å². The van der Waals surface area contributed by atoms with Gasteiger partial charge in [0.25, 0.3) is 11.5 Å². The lowest BCUT2D eigenvalue weighted by atomic mass is 9.93. The van der Waals surface area contributed by atoms with E-state index in [1.807, 2.05) is 0 Å². The van der Waals surface area contributed by atoms with Crippen LogP contribution in [-0.2, 0) is 33.9 Å². The number of pyridine rings is 2. The van der Waals surface area contributed by atoms with Crippen LogP contribution in [0.4, 0.5) is 40.8 Å². The number of anilines is 1. The van der Waals surface area contributed by atoms with Crippen LogP contribution < -0.4 is 15.8 Å². The first-order valence-corrected chi connectivity index (χ1v) is 15.3. The lowest BCUT2D eigenvalue weighted by Gasteiger charge is -2.42. The van der Waals surface area contributed by atoms with Crippen molar-refractivity contribution in [1.29, 1.82) is 0 Å². The summed E-state index contributed by atoms with van der Waals surface area (Å²) in [6.07, 6.45) is -10.2. The molecule has 0 saturated carbocycles. The standard InChI is InChI=1S/C34H30F8N4O5/c1-16-12-22(33(37,38)39)26(31(48)45(16)3)21-8-7-18(20-6-5-9-43-28(20)21)13-25(32(49)50-4)44-30(47)27-23(35)14-19(15-24(27)36)46-10-11-51-17(2)29(46)34(40,41)42/h5-9,12,14-15,17,25,29H,10-11,13H2,1-4H3,(H,44,47)/t17-,25+,29-/m1/s1. The van der Waals surface area contributed by atoms with Gasteiger partial charge in [0.15, 0.2) is 6.04 Å². The molecule has 1 aliphatic rings. The summed E-state index contributed by atoms with van der Waals surface area (Å²) >= 11 is 0. The lowest BCUT2D eigenvalue weighted by molar-refractivity contribution is -0.183. The van der Waals surface area contributed by atoms with E-state index in [4.69, 9.17) is 9.47 Å². The molecule has 9 nitrogen and oxygen atoms in total.